The van der Waals surface area contributed by atoms with Gasteiger partial charge in [-0.25, -0.2) is 0 Å². The largest absolute Gasteiger partial charge is 0.467 e. The number of hydrogen-bond acceptors (Lipinski definition) is 3. The molecule has 0 aliphatic carbocycles. The summed E-state index contributed by atoms with van der Waals surface area (Å²) in [4.78, 5) is 25.2. The van der Waals surface area contributed by atoms with Crippen LogP contribution in [0.2, 0.25) is 5.02 Å². The van der Waals surface area contributed by atoms with Crippen molar-refractivity contribution in [3.05, 3.63) is 59.0 Å². The van der Waals surface area contributed by atoms with Crippen LogP contribution in [0.4, 0.5) is 0 Å². The van der Waals surface area contributed by atoms with Gasteiger partial charge in [-0.1, -0.05) is 29.8 Å². The summed E-state index contributed by atoms with van der Waals surface area (Å²) in [5.74, 6) is 0.465. The van der Waals surface area contributed by atoms with E-state index in [1.165, 1.54) is 6.92 Å². The molecule has 0 unspecified atom stereocenters. The van der Waals surface area contributed by atoms with E-state index in [2.05, 4.69) is 5.32 Å². The van der Waals surface area contributed by atoms with Gasteiger partial charge >= 0.3 is 0 Å². The maximum atomic E-state index is 11.9. The van der Waals surface area contributed by atoms with Gasteiger partial charge in [0.1, 0.15) is 5.76 Å². The molecule has 1 heterocycles. The molecule has 1 N–H and O–H groups in total. The maximum absolute atomic E-state index is 11.9. The third-order valence-corrected chi connectivity index (χ3v) is 3.78. The van der Waals surface area contributed by atoms with Gasteiger partial charge in [0.05, 0.1) is 12.8 Å². The predicted molar refractivity (Wildman–Crippen MR) is 87.7 cm³/mol. The summed E-state index contributed by atoms with van der Waals surface area (Å²) in [5.41, 5.74) is 0.863. The first-order chi connectivity index (χ1) is 11.1. The molecule has 122 valence electrons. The van der Waals surface area contributed by atoms with E-state index in [0.29, 0.717) is 30.4 Å². The van der Waals surface area contributed by atoms with E-state index in [1.54, 1.807) is 29.4 Å². The second kappa shape index (κ2) is 8.39. The molecule has 1 aromatic heterocycles. The Balaban J connectivity index is 1.80. The second-order valence-corrected chi connectivity index (χ2v) is 5.55. The summed E-state index contributed by atoms with van der Waals surface area (Å²) in [7, 11) is 0. The van der Waals surface area contributed by atoms with Crippen molar-refractivity contribution in [1.82, 2.24) is 10.2 Å². The van der Waals surface area contributed by atoms with Gasteiger partial charge in [-0.05, 0) is 23.8 Å². The smallest absolute Gasteiger partial charge is 0.222 e. The van der Waals surface area contributed by atoms with E-state index in [0.717, 1.165) is 5.56 Å². The van der Waals surface area contributed by atoms with Gasteiger partial charge in [0.15, 0.2) is 0 Å². The lowest BCUT2D eigenvalue weighted by molar-refractivity contribution is -0.130. The van der Waals surface area contributed by atoms with E-state index >= 15 is 0 Å². The average Bonchev–Trinajstić information content (AvgIpc) is 3.03. The quantitative estimate of drug-likeness (QED) is 0.846. The zero-order valence-corrected chi connectivity index (χ0v) is 13.7. The van der Waals surface area contributed by atoms with Crippen LogP contribution in [0, 0.1) is 0 Å². The van der Waals surface area contributed by atoms with Crippen molar-refractivity contribution in [2.45, 2.75) is 26.4 Å². The molecule has 0 spiro atoms. The number of rotatable bonds is 7. The highest BCUT2D eigenvalue weighted by atomic mass is 35.5. The van der Waals surface area contributed by atoms with Gasteiger partial charge in [0.25, 0.3) is 0 Å². The third-order valence-electron chi connectivity index (χ3n) is 3.41. The summed E-state index contributed by atoms with van der Waals surface area (Å²) >= 11 is 6.04. The Labute approximate surface area is 140 Å². The molecule has 2 amide bonds. The number of furan rings is 1. The molecular formula is C17H19ClN2O3. The molecule has 0 saturated heterocycles. The summed E-state index contributed by atoms with van der Waals surface area (Å²) < 4.78 is 5.23. The molecule has 2 aromatic rings. The van der Waals surface area contributed by atoms with E-state index < -0.39 is 0 Å². The fourth-order valence-corrected chi connectivity index (χ4v) is 2.30. The molecule has 0 bridgehead atoms. The van der Waals surface area contributed by atoms with Crippen molar-refractivity contribution in [3.63, 3.8) is 0 Å². The van der Waals surface area contributed by atoms with E-state index in [1.807, 2.05) is 18.2 Å². The molecule has 23 heavy (non-hydrogen) atoms. The minimum atomic E-state index is -0.129. The van der Waals surface area contributed by atoms with Crippen LogP contribution >= 0.6 is 11.6 Å². The maximum Gasteiger partial charge on any atom is 0.222 e. The topological polar surface area (TPSA) is 62.6 Å². The molecule has 0 aliphatic heterocycles. The third kappa shape index (κ3) is 5.45. The van der Waals surface area contributed by atoms with Gasteiger partial charge in [0, 0.05) is 31.5 Å². The van der Waals surface area contributed by atoms with Gasteiger partial charge in [-0.15, -0.1) is 0 Å². The van der Waals surface area contributed by atoms with Crippen molar-refractivity contribution in [1.29, 1.82) is 0 Å². The lowest BCUT2D eigenvalue weighted by atomic mass is 10.2. The average molecular weight is 335 g/mol. The van der Waals surface area contributed by atoms with Crippen LogP contribution in [0.1, 0.15) is 24.7 Å². The minimum Gasteiger partial charge on any atom is -0.467 e. The molecule has 1 aromatic carbocycles. The van der Waals surface area contributed by atoms with Crippen LogP contribution in [-0.2, 0) is 22.7 Å². The standard InChI is InChI=1S/C17H19ClN2O3/c1-13(21)20(12-15-6-4-10-23-15)9-8-17(22)19-11-14-5-2-3-7-16(14)18/h2-7,10H,8-9,11-12H2,1H3,(H,19,22). The molecule has 2 rings (SSSR count). The highest BCUT2D eigenvalue weighted by Crippen LogP contribution is 2.14. The number of amides is 2. The van der Waals surface area contributed by atoms with Crippen molar-refractivity contribution in [3.8, 4) is 0 Å². The van der Waals surface area contributed by atoms with E-state index in [-0.39, 0.29) is 18.2 Å². The Morgan fingerprint density at radius 1 is 1.22 bits per heavy atom. The van der Waals surface area contributed by atoms with Crippen LogP contribution in [0.15, 0.2) is 47.1 Å². The lowest BCUT2D eigenvalue weighted by Crippen LogP contribution is -2.33. The number of carbonyl (C=O) groups is 2. The van der Waals surface area contributed by atoms with Crippen molar-refractivity contribution in [2.75, 3.05) is 6.54 Å². The normalized spacial score (nSPS) is 10.3. The summed E-state index contributed by atoms with van der Waals surface area (Å²) in [6, 6.07) is 10.9. The number of hydrogen-bond donors (Lipinski definition) is 1. The van der Waals surface area contributed by atoms with Crippen LogP contribution in [0.5, 0.6) is 0 Å². The Hall–Kier alpha value is -2.27. The molecular weight excluding hydrogens is 316 g/mol. The summed E-state index contributed by atoms with van der Waals surface area (Å²) in [6.45, 7) is 2.55. The van der Waals surface area contributed by atoms with Crippen molar-refractivity contribution >= 4 is 23.4 Å². The van der Waals surface area contributed by atoms with Crippen LogP contribution in [0.25, 0.3) is 0 Å². The first kappa shape index (κ1) is 17.1. The van der Waals surface area contributed by atoms with E-state index in [4.69, 9.17) is 16.0 Å². The van der Waals surface area contributed by atoms with Crippen LogP contribution in [0.3, 0.4) is 0 Å². The van der Waals surface area contributed by atoms with E-state index in [9.17, 15) is 9.59 Å². The minimum absolute atomic E-state index is 0.0969. The molecule has 5 nitrogen and oxygen atoms in total. The number of nitrogens with one attached hydrogen (secondary N) is 1. The molecule has 0 atom stereocenters. The Morgan fingerprint density at radius 2 is 2.00 bits per heavy atom. The highest BCUT2D eigenvalue weighted by Gasteiger charge is 2.13. The fourth-order valence-electron chi connectivity index (χ4n) is 2.10. The summed E-state index contributed by atoms with van der Waals surface area (Å²) in [6.07, 6.45) is 1.79. The number of nitrogens with zero attached hydrogens (tertiary/aromatic N) is 1. The highest BCUT2D eigenvalue weighted by molar-refractivity contribution is 6.31. The first-order valence-electron chi connectivity index (χ1n) is 7.34. The Morgan fingerprint density at radius 3 is 2.65 bits per heavy atom. The molecule has 6 heteroatoms. The zero-order chi connectivity index (χ0) is 16.7. The van der Waals surface area contributed by atoms with Crippen molar-refractivity contribution < 1.29 is 14.0 Å². The summed E-state index contributed by atoms with van der Waals surface area (Å²) in [5, 5.41) is 3.43. The Kier molecular flexibility index (Phi) is 6.23. The van der Waals surface area contributed by atoms with Crippen LogP contribution in [-0.4, -0.2) is 23.3 Å². The molecule has 0 saturated carbocycles. The Bertz CT molecular complexity index is 656. The monoisotopic (exact) mass is 334 g/mol. The molecule has 0 radical (unpaired) electrons. The number of carbonyl (C=O) groups excluding carboxylic acids is 2. The molecule has 0 aliphatic rings. The predicted octanol–water partition coefficient (Wildman–Crippen LogP) is 2.99. The van der Waals surface area contributed by atoms with Gasteiger partial charge in [0.2, 0.25) is 11.8 Å². The lowest BCUT2D eigenvalue weighted by Gasteiger charge is -2.19. The fraction of sp³-hybridized carbons (Fsp3) is 0.294. The van der Waals surface area contributed by atoms with Gasteiger partial charge in [-0.3, -0.25) is 9.59 Å². The second-order valence-electron chi connectivity index (χ2n) is 5.14. The van der Waals surface area contributed by atoms with Gasteiger partial charge in [-0.2, -0.15) is 0 Å². The van der Waals surface area contributed by atoms with Gasteiger partial charge < -0.3 is 14.6 Å². The number of halogens is 1. The number of benzene rings is 1. The molecule has 0 fully saturated rings. The SMILES string of the molecule is CC(=O)N(CCC(=O)NCc1ccccc1Cl)Cc1ccco1. The van der Waals surface area contributed by atoms with Crippen molar-refractivity contribution in [2.24, 2.45) is 0 Å². The zero-order valence-electron chi connectivity index (χ0n) is 12.9. The van der Waals surface area contributed by atoms with Crippen LogP contribution < -0.4 is 5.32 Å². The first-order valence-corrected chi connectivity index (χ1v) is 7.72.